The fraction of sp³-hybridized carbons (Fsp3) is 0.667. The Morgan fingerprint density at radius 1 is 1.45 bits per heavy atom. The minimum absolute atomic E-state index is 0.159. The molecule has 3 atom stereocenters. The molecule has 0 bridgehead atoms. The summed E-state index contributed by atoms with van der Waals surface area (Å²) in [5.41, 5.74) is -0.462. The Morgan fingerprint density at radius 3 is 2.77 bits per heavy atom. The van der Waals surface area contributed by atoms with Crippen LogP contribution in [0.25, 0.3) is 0 Å². The van der Waals surface area contributed by atoms with Gasteiger partial charge in [-0.2, -0.15) is 0 Å². The number of aromatic nitrogens is 2. The van der Waals surface area contributed by atoms with Crippen molar-refractivity contribution < 1.29 is 9.53 Å². The van der Waals surface area contributed by atoms with E-state index in [0.29, 0.717) is 24.3 Å². The fourth-order valence-corrected chi connectivity index (χ4v) is 3.17. The molecule has 6 nitrogen and oxygen atoms in total. The first kappa shape index (κ1) is 15.5. The molecule has 0 unspecified atom stereocenters. The summed E-state index contributed by atoms with van der Waals surface area (Å²) in [7, 11) is 0. The van der Waals surface area contributed by atoms with Gasteiger partial charge in [0.05, 0.1) is 10.5 Å². The van der Waals surface area contributed by atoms with E-state index in [1.54, 1.807) is 12.4 Å². The van der Waals surface area contributed by atoms with Crippen molar-refractivity contribution >= 4 is 28.0 Å². The third-order valence-corrected chi connectivity index (χ3v) is 4.43. The van der Waals surface area contributed by atoms with E-state index in [2.05, 4.69) is 31.2 Å². The van der Waals surface area contributed by atoms with Crippen LogP contribution in [0, 0.1) is 11.8 Å². The lowest BCUT2D eigenvalue weighted by Gasteiger charge is -2.30. The first-order chi connectivity index (χ1) is 10.3. The highest BCUT2D eigenvalue weighted by Gasteiger charge is 2.54. The highest BCUT2D eigenvalue weighted by molar-refractivity contribution is 9.10. The number of hydrogen-bond acceptors (Lipinski definition) is 5. The molecular weight excluding hydrogens is 348 g/mol. The van der Waals surface area contributed by atoms with Crippen molar-refractivity contribution in [1.29, 1.82) is 0 Å². The third kappa shape index (κ3) is 3.51. The number of piperidine rings is 1. The average Bonchev–Trinajstić information content (AvgIpc) is 3.10. The zero-order chi connectivity index (χ0) is 15.9. The van der Waals surface area contributed by atoms with E-state index in [4.69, 9.17) is 4.74 Å². The van der Waals surface area contributed by atoms with Crippen molar-refractivity contribution in [2.24, 2.45) is 11.8 Å². The topological polar surface area (TPSA) is 67.3 Å². The summed E-state index contributed by atoms with van der Waals surface area (Å²) in [6, 6.07) is 0.159. The van der Waals surface area contributed by atoms with Crippen LogP contribution < -0.4 is 5.32 Å². The molecule has 3 rings (SSSR count). The van der Waals surface area contributed by atoms with E-state index in [-0.39, 0.29) is 12.1 Å². The minimum atomic E-state index is -0.462. The van der Waals surface area contributed by atoms with E-state index in [1.807, 2.05) is 25.7 Å². The molecule has 1 saturated carbocycles. The average molecular weight is 369 g/mol. The number of carbonyl (C=O) groups is 1. The second kappa shape index (κ2) is 5.68. The number of nitrogens with zero attached hydrogens (tertiary/aromatic N) is 3. The molecule has 1 aliphatic heterocycles. The first-order valence-corrected chi connectivity index (χ1v) is 8.34. The summed E-state index contributed by atoms with van der Waals surface area (Å²) in [4.78, 5) is 22.6. The van der Waals surface area contributed by atoms with Crippen LogP contribution in [0.15, 0.2) is 16.9 Å². The van der Waals surface area contributed by atoms with Crippen molar-refractivity contribution in [2.45, 2.75) is 38.8 Å². The number of hydrogen-bond donors (Lipinski definition) is 1. The summed E-state index contributed by atoms with van der Waals surface area (Å²) >= 11 is 3.31. The molecule has 2 fully saturated rings. The fourth-order valence-electron chi connectivity index (χ4n) is 2.96. The monoisotopic (exact) mass is 368 g/mol. The molecule has 120 valence electrons. The normalized spacial score (nSPS) is 26.5. The molecule has 1 aromatic rings. The van der Waals surface area contributed by atoms with Gasteiger partial charge in [0.15, 0.2) is 0 Å². The number of likely N-dealkylation sites (tertiary alicyclic amines) is 1. The molecular formula is C15H21BrN4O2. The van der Waals surface area contributed by atoms with Crippen LogP contribution in [-0.2, 0) is 4.74 Å². The van der Waals surface area contributed by atoms with Crippen LogP contribution in [0.4, 0.5) is 10.7 Å². The zero-order valence-corrected chi connectivity index (χ0v) is 14.6. The van der Waals surface area contributed by atoms with Gasteiger partial charge < -0.3 is 15.0 Å². The molecule has 1 saturated heterocycles. The molecule has 1 aliphatic carbocycles. The number of nitrogens with one attached hydrogen (secondary N) is 1. The van der Waals surface area contributed by atoms with Crippen LogP contribution in [-0.4, -0.2) is 45.7 Å². The Kier molecular flexibility index (Phi) is 4.01. The van der Waals surface area contributed by atoms with Gasteiger partial charge in [-0.3, -0.25) is 0 Å². The maximum absolute atomic E-state index is 12.3. The molecule has 0 aromatic carbocycles. The lowest BCUT2D eigenvalue weighted by atomic mass is 10.2. The molecule has 2 aliphatic rings. The van der Waals surface area contributed by atoms with E-state index in [9.17, 15) is 4.79 Å². The van der Waals surface area contributed by atoms with E-state index < -0.39 is 5.60 Å². The Balaban J connectivity index is 1.61. The van der Waals surface area contributed by atoms with Crippen molar-refractivity contribution in [3.05, 3.63) is 16.9 Å². The summed E-state index contributed by atoms with van der Waals surface area (Å²) in [6.07, 6.45) is 4.39. The van der Waals surface area contributed by atoms with Gasteiger partial charge in [-0.15, -0.1) is 0 Å². The Morgan fingerprint density at radius 2 is 2.14 bits per heavy atom. The highest BCUT2D eigenvalue weighted by Crippen LogP contribution is 2.49. The predicted molar refractivity (Wildman–Crippen MR) is 86.5 cm³/mol. The van der Waals surface area contributed by atoms with Crippen molar-refractivity contribution in [2.75, 3.05) is 18.4 Å². The Hall–Kier alpha value is -1.37. The van der Waals surface area contributed by atoms with Crippen LogP contribution >= 0.6 is 15.9 Å². The van der Waals surface area contributed by atoms with Gasteiger partial charge in [-0.25, -0.2) is 14.8 Å². The highest BCUT2D eigenvalue weighted by atomic mass is 79.9. The number of ether oxygens (including phenoxy) is 1. The van der Waals surface area contributed by atoms with Crippen LogP contribution in [0.2, 0.25) is 0 Å². The Labute approximate surface area is 138 Å². The van der Waals surface area contributed by atoms with Gasteiger partial charge in [-0.1, -0.05) is 0 Å². The summed E-state index contributed by atoms with van der Waals surface area (Å²) in [5, 5.41) is 3.23. The van der Waals surface area contributed by atoms with Gasteiger partial charge in [0.25, 0.3) is 0 Å². The third-order valence-electron chi connectivity index (χ3n) is 4.02. The van der Waals surface area contributed by atoms with Gasteiger partial charge in [0.2, 0.25) is 5.95 Å². The molecule has 0 spiro atoms. The zero-order valence-electron chi connectivity index (χ0n) is 13.0. The van der Waals surface area contributed by atoms with Gasteiger partial charge in [-0.05, 0) is 55.0 Å². The summed E-state index contributed by atoms with van der Waals surface area (Å²) in [6.45, 7) is 7.13. The van der Waals surface area contributed by atoms with Crippen molar-refractivity contribution in [3.8, 4) is 0 Å². The number of anilines is 1. The second-order valence-electron chi connectivity index (χ2n) is 6.97. The SMILES string of the molecule is CC(C)(C)OC(=O)N1C[C@@H]2C[C@@H]2[C@H]1CNc1ncc(Br)cn1. The van der Waals surface area contributed by atoms with E-state index in [1.165, 1.54) is 6.42 Å². The molecule has 2 heterocycles. The minimum Gasteiger partial charge on any atom is -0.444 e. The largest absolute Gasteiger partial charge is 0.444 e. The molecule has 1 N–H and O–H groups in total. The first-order valence-electron chi connectivity index (χ1n) is 7.54. The lowest BCUT2D eigenvalue weighted by molar-refractivity contribution is 0.0203. The number of amides is 1. The number of halogens is 1. The molecule has 1 aromatic heterocycles. The van der Waals surface area contributed by atoms with Crippen LogP contribution in [0.1, 0.15) is 27.2 Å². The van der Waals surface area contributed by atoms with Gasteiger partial charge in [0, 0.05) is 25.5 Å². The molecule has 1 amide bonds. The number of fused-ring (bicyclic) bond motifs is 1. The van der Waals surface area contributed by atoms with Gasteiger partial charge in [0.1, 0.15) is 5.60 Å². The molecule has 7 heteroatoms. The standard InChI is InChI=1S/C15H21BrN4O2/c1-15(2,3)22-14(21)20-8-9-4-11(9)12(20)7-19-13-17-5-10(16)6-18-13/h5-6,9,11-12H,4,7-8H2,1-3H3,(H,17,18,19)/t9-,11-,12+/m0/s1. The van der Waals surface area contributed by atoms with Crippen molar-refractivity contribution in [1.82, 2.24) is 14.9 Å². The van der Waals surface area contributed by atoms with Crippen molar-refractivity contribution in [3.63, 3.8) is 0 Å². The van der Waals surface area contributed by atoms with E-state index >= 15 is 0 Å². The second-order valence-corrected chi connectivity index (χ2v) is 7.88. The summed E-state index contributed by atoms with van der Waals surface area (Å²) < 4.78 is 6.35. The Bertz CT molecular complexity index is 558. The van der Waals surface area contributed by atoms with Gasteiger partial charge >= 0.3 is 6.09 Å². The smallest absolute Gasteiger partial charge is 0.410 e. The molecule has 22 heavy (non-hydrogen) atoms. The van der Waals surface area contributed by atoms with E-state index in [0.717, 1.165) is 11.0 Å². The number of carbonyl (C=O) groups excluding carboxylic acids is 1. The maximum atomic E-state index is 12.3. The predicted octanol–water partition coefficient (Wildman–Crippen LogP) is 2.91. The lowest BCUT2D eigenvalue weighted by Crippen LogP contribution is -2.45. The molecule has 0 radical (unpaired) electrons. The quantitative estimate of drug-likeness (QED) is 0.888. The summed E-state index contributed by atoms with van der Waals surface area (Å²) in [5.74, 6) is 1.79. The maximum Gasteiger partial charge on any atom is 0.410 e. The number of rotatable bonds is 3. The van der Waals surface area contributed by atoms with Crippen LogP contribution in [0.5, 0.6) is 0 Å². The van der Waals surface area contributed by atoms with Crippen LogP contribution in [0.3, 0.4) is 0 Å².